The molecule has 2 heterocycles. The van der Waals surface area contributed by atoms with E-state index in [0.717, 1.165) is 18.4 Å². The largest absolute Gasteiger partial charge is 0.340 e. The predicted octanol–water partition coefficient (Wildman–Crippen LogP) is 2.32. The van der Waals surface area contributed by atoms with Gasteiger partial charge >= 0.3 is 0 Å². The number of hydrogen-bond acceptors (Lipinski definition) is 3. The molecule has 20 heavy (non-hydrogen) atoms. The fourth-order valence-corrected chi connectivity index (χ4v) is 3.85. The SMILES string of the molecule is CC1C(=O)NC(C)(C2CC2)C(=O)N1C(C)c1ccsc1. The van der Waals surface area contributed by atoms with Crippen molar-refractivity contribution in [3.05, 3.63) is 22.4 Å². The monoisotopic (exact) mass is 292 g/mol. The highest BCUT2D eigenvalue weighted by Gasteiger charge is 2.55. The number of nitrogens with one attached hydrogen (secondary N) is 1. The summed E-state index contributed by atoms with van der Waals surface area (Å²) < 4.78 is 0. The van der Waals surface area contributed by atoms with Crippen molar-refractivity contribution in [2.75, 3.05) is 0 Å². The van der Waals surface area contributed by atoms with Gasteiger partial charge in [-0.25, -0.2) is 0 Å². The maximum atomic E-state index is 12.9. The van der Waals surface area contributed by atoms with Crippen molar-refractivity contribution in [1.29, 1.82) is 0 Å². The van der Waals surface area contributed by atoms with Gasteiger partial charge in [-0.1, -0.05) is 0 Å². The van der Waals surface area contributed by atoms with Crippen LogP contribution in [0, 0.1) is 5.92 Å². The van der Waals surface area contributed by atoms with Gasteiger partial charge in [-0.05, 0) is 61.9 Å². The molecule has 0 bridgehead atoms. The van der Waals surface area contributed by atoms with Crippen molar-refractivity contribution < 1.29 is 9.59 Å². The molecule has 1 aliphatic carbocycles. The van der Waals surface area contributed by atoms with Crippen LogP contribution in [0.15, 0.2) is 16.8 Å². The third-order valence-electron chi connectivity index (χ3n) is 4.70. The summed E-state index contributed by atoms with van der Waals surface area (Å²) in [7, 11) is 0. The Bertz CT molecular complexity index is 538. The van der Waals surface area contributed by atoms with E-state index >= 15 is 0 Å². The minimum Gasteiger partial charge on any atom is -0.340 e. The Morgan fingerprint density at radius 2 is 2.15 bits per heavy atom. The lowest BCUT2D eigenvalue weighted by Gasteiger charge is -2.46. The number of rotatable bonds is 3. The van der Waals surface area contributed by atoms with Gasteiger partial charge in [0.05, 0.1) is 6.04 Å². The van der Waals surface area contributed by atoms with Gasteiger partial charge in [0.1, 0.15) is 11.6 Å². The standard InChI is InChI=1S/C15H20N2O2S/c1-9(11-6-7-20-8-11)17-10(2)13(18)16-15(3,14(17)19)12-4-5-12/h6-10,12H,4-5H2,1-3H3,(H,16,18). The Hall–Kier alpha value is -1.36. The Kier molecular flexibility index (Phi) is 3.12. The number of carbonyl (C=O) groups is 2. The molecular weight excluding hydrogens is 272 g/mol. The number of thiophene rings is 1. The Morgan fingerprint density at radius 3 is 2.70 bits per heavy atom. The summed E-state index contributed by atoms with van der Waals surface area (Å²) in [5.41, 5.74) is 0.386. The zero-order valence-corrected chi connectivity index (χ0v) is 12.9. The second-order valence-electron chi connectivity index (χ2n) is 6.09. The zero-order chi connectivity index (χ0) is 14.5. The molecule has 0 spiro atoms. The zero-order valence-electron chi connectivity index (χ0n) is 12.1. The topological polar surface area (TPSA) is 49.4 Å². The van der Waals surface area contributed by atoms with Crippen LogP contribution in [0.2, 0.25) is 0 Å². The summed E-state index contributed by atoms with van der Waals surface area (Å²) in [5, 5.41) is 7.01. The third kappa shape index (κ3) is 1.95. The van der Waals surface area contributed by atoms with Crippen LogP contribution >= 0.6 is 11.3 Å². The highest BCUT2D eigenvalue weighted by atomic mass is 32.1. The molecule has 108 valence electrons. The Morgan fingerprint density at radius 1 is 1.45 bits per heavy atom. The molecule has 1 N–H and O–H groups in total. The summed E-state index contributed by atoms with van der Waals surface area (Å²) in [5.74, 6) is 0.315. The molecular formula is C15H20N2O2S. The average Bonchev–Trinajstić information content (AvgIpc) is 3.13. The van der Waals surface area contributed by atoms with Gasteiger partial charge in [-0.15, -0.1) is 0 Å². The summed E-state index contributed by atoms with van der Waals surface area (Å²) >= 11 is 1.62. The molecule has 3 rings (SSSR count). The van der Waals surface area contributed by atoms with E-state index < -0.39 is 11.6 Å². The molecule has 2 aliphatic rings. The average molecular weight is 292 g/mol. The number of hydrogen-bond donors (Lipinski definition) is 1. The van der Waals surface area contributed by atoms with Gasteiger partial charge in [0, 0.05) is 0 Å². The molecule has 2 fully saturated rings. The number of carbonyl (C=O) groups excluding carboxylic acids is 2. The molecule has 2 amide bonds. The molecule has 1 aromatic rings. The van der Waals surface area contributed by atoms with Crippen molar-refractivity contribution in [2.24, 2.45) is 5.92 Å². The molecule has 3 unspecified atom stereocenters. The van der Waals surface area contributed by atoms with Gasteiger partial charge < -0.3 is 10.2 Å². The summed E-state index contributed by atoms with van der Waals surface area (Å²) in [6.45, 7) is 5.69. The van der Waals surface area contributed by atoms with Gasteiger partial charge in [-0.2, -0.15) is 11.3 Å². The van der Waals surface area contributed by atoms with Crippen LogP contribution in [0.4, 0.5) is 0 Å². The summed E-state index contributed by atoms with van der Waals surface area (Å²) in [6.07, 6.45) is 2.05. The van der Waals surface area contributed by atoms with Crippen molar-refractivity contribution >= 4 is 23.2 Å². The van der Waals surface area contributed by atoms with Crippen LogP contribution in [0.3, 0.4) is 0 Å². The summed E-state index contributed by atoms with van der Waals surface area (Å²) in [4.78, 5) is 27.0. The van der Waals surface area contributed by atoms with Crippen molar-refractivity contribution in [3.8, 4) is 0 Å². The van der Waals surface area contributed by atoms with Crippen LogP contribution in [0.25, 0.3) is 0 Å². The van der Waals surface area contributed by atoms with E-state index in [-0.39, 0.29) is 17.9 Å². The molecule has 1 aliphatic heterocycles. The smallest absolute Gasteiger partial charge is 0.249 e. The number of piperazine rings is 1. The molecule has 4 nitrogen and oxygen atoms in total. The Labute approximate surface area is 123 Å². The number of nitrogens with zero attached hydrogens (tertiary/aromatic N) is 1. The predicted molar refractivity (Wildman–Crippen MR) is 78.3 cm³/mol. The summed E-state index contributed by atoms with van der Waals surface area (Å²) in [6, 6.07) is 1.55. The van der Waals surface area contributed by atoms with E-state index in [1.807, 2.05) is 37.6 Å². The van der Waals surface area contributed by atoms with Crippen LogP contribution in [-0.2, 0) is 9.59 Å². The fourth-order valence-electron chi connectivity index (χ4n) is 3.11. The number of amides is 2. The highest BCUT2D eigenvalue weighted by Crippen LogP contribution is 2.43. The Balaban J connectivity index is 1.94. The van der Waals surface area contributed by atoms with Gasteiger partial charge in [-0.3, -0.25) is 9.59 Å². The third-order valence-corrected chi connectivity index (χ3v) is 5.40. The van der Waals surface area contributed by atoms with E-state index in [0.29, 0.717) is 5.92 Å². The van der Waals surface area contributed by atoms with E-state index in [1.165, 1.54) is 0 Å². The quantitative estimate of drug-likeness (QED) is 0.929. The maximum absolute atomic E-state index is 12.9. The molecule has 1 saturated heterocycles. The fraction of sp³-hybridized carbons (Fsp3) is 0.600. The van der Waals surface area contributed by atoms with Gasteiger partial charge in [0.15, 0.2) is 0 Å². The molecule has 3 atom stereocenters. The second kappa shape index (κ2) is 4.58. The minimum absolute atomic E-state index is 0.0407. The van der Waals surface area contributed by atoms with Crippen LogP contribution in [0.5, 0.6) is 0 Å². The van der Waals surface area contributed by atoms with Crippen LogP contribution in [0.1, 0.15) is 45.2 Å². The van der Waals surface area contributed by atoms with Crippen molar-refractivity contribution in [1.82, 2.24) is 10.2 Å². The normalized spacial score (nSPS) is 32.1. The first-order valence-electron chi connectivity index (χ1n) is 7.12. The molecule has 0 aromatic carbocycles. The van der Waals surface area contributed by atoms with Crippen molar-refractivity contribution in [3.63, 3.8) is 0 Å². The van der Waals surface area contributed by atoms with Gasteiger partial charge in [0.2, 0.25) is 11.8 Å². The van der Waals surface area contributed by atoms with Crippen LogP contribution < -0.4 is 5.32 Å². The molecule has 0 radical (unpaired) electrons. The van der Waals surface area contributed by atoms with Crippen molar-refractivity contribution in [2.45, 2.75) is 51.2 Å². The molecule has 5 heteroatoms. The first-order valence-corrected chi connectivity index (χ1v) is 8.06. The highest BCUT2D eigenvalue weighted by molar-refractivity contribution is 7.07. The van der Waals surface area contributed by atoms with E-state index in [2.05, 4.69) is 5.32 Å². The van der Waals surface area contributed by atoms with E-state index in [1.54, 1.807) is 16.2 Å². The lowest BCUT2D eigenvalue weighted by molar-refractivity contribution is -0.157. The first kappa shape index (κ1) is 13.6. The van der Waals surface area contributed by atoms with Crippen LogP contribution in [-0.4, -0.2) is 28.3 Å². The van der Waals surface area contributed by atoms with E-state index in [9.17, 15) is 9.59 Å². The lowest BCUT2D eigenvalue weighted by Crippen LogP contribution is -2.69. The maximum Gasteiger partial charge on any atom is 0.249 e. The first-order chi connectivity index (χ1) is 9.45. The van der Waals surface area contributed by atoms with Gasteiger partial charge in [0.25, 0.3) is 0 Å². The molecule has 1 aromatic heterocycles. The second-order valence-corrected chi connectivity index (χ2v) is 6.87. The lowest BCUT2D eigenvalue weighted by atomic mass is 9.88. The molecule has 1 saturated carbocycles. The minimum atomic E-state index is -0.714. The van der Waals surface area contributed by atoms with E-state index in [4.69, 9.17) is 0 Å².